The van der Waals surface area contributed by atoms with E-state index in [0.717, 1.165) is 41.1 Å². The van der Waals surface area contributed by atoms with Gasteiger partial charge in [-0.25, -0.2) is 4.98 Å². The maximum atomic E-state index is 12.6. The van der Waals surface area contributed by atoms with Crippen LogP contribution >= 0.6 is 0 Å². The SMILES string of the molecule is Cc1cccc(OCN2CCc3nc(-c4cccnc4)[nH]c(=O)c3C2)c1C. The minimum absolute atomic E-state index is 0.0877. The highest BCUT2D eigenvalue weighted by Crippen LogP contribution is 2.22. The molecular weight excluding hydrogens is 340 g/mol. The molecule has 0 amide bonds. The summed E-state index contributed by atoms with van der Waals surface area (Å²) in [5, 5.41) is 0. The second-order valence-electron chi connectivity index (χ2n) is 6.86. The fourth-order valence-electron chi connectivity index (χ4n) is 3.27. The maximum Gasteiger partial charge on any atom is 0.255 e. The summed E-state index contributed by atoms with van der Waals surface area (Å²) in [5.74, 6) is 1.46. The van der Waals surface area contributed by atoms with Crippen molar-refractivity contribution in [3.8, 4) is 17.1 Å². The number of nitrogens with one attached hydrogen (secondary N) is 1. The Balaban J connectivity index is 1.50. The van der Waals surface area contributed by atoms with Gasteiger partial charge in [0.15, 0.2) is 0 Å². The molecular formula is C21H22N4O2. The zero-order valence-electron chi connectivity index (χ0n) is 15.5. The van der Waals surface area contributed by atoms with Gasteiger partial charge >= 0.3 is 0 Å². The highest BCUT2D eigenvalue weighted by molar-refractivity contribution is 5.53. The summed E-state index contributed by atoms with van der Waals surface area (Å²) in [4.78, 5) is 26.4. The zero-order valence-corrected chi connectivity index (χ0v) is 15.5. The molecule has 1 aliphatic heterocycles. The Labute approximate surface area is 157 Å². The van der Waals surface area contributed by atoms with Gasteiger partial charge in [0, 0.05) is 37.5 Å². The van der Waals surface area contributed by atoms with Crippen molar-refractivity contribution in [2.24, 2.45) is 0 Å². The molecule has 138 valence electrons. The number of rotatable bonds is 4. The van der Waals surface area contributed by atoms with Crippen LogP contribution in [0.25, 0.3) is 11.4 Å². The predicted octanol–water partition coefficient (Wildman–Crippen LogP) is 2.84. The minimum atomic E-state index is -0.0877. The number of ether oxygens (including phenoxy) is 1. The fourth-order valence-corrected chi connectivity index (χ4v) is 3.27. The summed E-state index contributed by atoms with van der Waals surface area (Å²) in [7, 11) is 0. The topological polar surface area (TPSA) is 71.1 Å². The summed E-state index contributed by atoms with van der Waals surface area (Å²) < 4.78 is 5.99. The quantitative estimate of drug-likeness (QED) is 0.773. The van der Waals surface area contributed by atoms with E-state index in [1.165, 1.54) is 5.56 Å². The van der Waals surface area contributed by atoms with Crippen LogP contribution in [0.1, 0.15) is 22.4 Å². The van der Waals surface area contributed by atoms with Gasteiger partial charge in [-0.05, 0) is 43.2 Å². The monoisotopic (exact) mass is 362 g/mol. The summed E-state index contributed by atoms with van der Waals surface area (Å²) >= 11 is 0. The standard InChI is InChI=1S/C21H22N4O2/c1-14-5-3-7-19(15(14)2)27-13-25-10-8-18-17(12-25)21(26)24-20(23-18)16-6-4-9-22-11-16/h3-7,9,11H,8,10,12-13H2,1-2H3,(H,23,24,26). The lowest BCUT2D eigenvalue weighted by atomic mass is 10.1. The molecule has 1 N–H and O–H groups in total. The lowest BCUT2D eigenvalue weighted by Crippen LogP contribution is -2.38. The molecule has 4 rings (SSSR count). The molecule has 27 heavy (non-hydrogen) atoms. The first kappa shape index (κ1) is 17.4. The van der Waals surface area contributed by atoms with Crippen molar-refractivity contribution in [3.05, 3.63) is 75.5 Å². The van der Waals surface area contributed by atoms with Gasteiger partial charge in [0.1, 0.15) is 18.3 Å². The molecule has 0 saturated carbocycles. The molecule has 3 aromatic rings. The number of hydrogen-bond donors (Lipinski definition) is 1. The maximum absolute atomic E-state index is 12.6. The van der Waals surface area contributed by atoms with E-state index >= 15 is 0 Å². The molecule has 0 spiro atoms. The third-order valence-corrected chi connectivity index (χ3v) is 5.04. The van der Waals surface area contributed by atoms with Gasteiger partial charge in [-0.15, -0.1) is 0 Å². The zero-order chi connectivity index (χ0) is 18.8. The summed E-state index contributed by atoms with van der Waals surface area (Å²) in [6.07, 6.45) is 4.13. The molecule has 6 heteroatoms. The van der Waals surface area contributed by atoms with Crippen molar-refractivity contribution in [3.63, 3.8) is 0 Å². The Morgan fingerprint density at radius 1 is 1.22 bits per heavy atom. The van der Waals surface area contributed by atoms with Crippen molar-refractivity contribution < 1.29 is 4.74 Å². The van der Waals surface area contributed by atoms with Crippen LogP contribution in [0.2, 0.25) is 0 Å². The number of aryl methyl sites for hydroxylation is 1. The van der Waals surface area contributed by atoms with Crippen LogP contribution in [-0.2, 0) is 13.0 Å². The molecule has 6 nitrogen and oxygen atoms in total. The van der Waals surface area contributed by atoms with E-state index in [1.807, 2.05) is 24.3 Å². The van der Waals surface area contributed by atoms with E-state index in [0.29, 0.717) is 19.1 Å². The fraction of sp³-hybridized carbons (Fsp3) is 0.286. The average Bonchev–Trinajstić information content (AvgIpc) is 2.70. The molecule has 0 atom stereocenters. The number of fused-ring (bicyclic) bond motifs is 1. The van der Waals surface area contributed by atoms with Crippen molar-refractivity contribution in [1.29, 1.82) is 0 Å². The van der Waals surface area contributed by atoms with E-state index < -0.39 is 0 Å². The van der Waals surface area contributed by atoms with E-state index in [9.17, 15) is 4.79 Å². The Kier molecular flexibility index (Phi) is 4.73. The minimum Gasteiger partial charge on any atom is -0.478 e. The highest BCUT2D eigenvalue weighted by atomic mass is 16.5. The van der Waals surface area contributed by atoms with Crippen molar-refractivity contribution in [2.45, 2.75) is 26.8 Å². The Morgan fingerprint density at radius 2 is 2.11 bits per heavy atom. The first-order chi connectivity index (χ1) is 13.1. The van der Waals surface area contributed by atoms with Crippen LogP contribution in [0.4, 0.5) is 0 Å². The number of aromatic nitrogens is 3. The summed E-state index contributed by atoms with van der Waals surface area (Å²) in [6.45, 7) is 5.93. The first-order valence-electron chi connectivity index (χ1n) is 9.05. The molecule has 1 aromatic carbocycles. The van der Waals surface area contributed by atoms with Crippen LogP contribution in [0, 0.1) is 13.8 Å². The number of H-pyrrole nitrogens is 1. The average molecular weight is 362 g/mol. The first-order valence-corrected chi connectivity index (χ1v) is 9.05. The molecule has 0 bridgehead atoms. The Morgan fingerprint density at radius 3 is 2.93 bits per heavy atom. The van der Waals surface area contributed by atoms with Gasteiger partial charge in [0.05, 0.1) is 11.3 Å². The molecule has 0 aliphatic carbocycles. The van der Waals surface area contributed by atoms with Crippen LogP contribution in [0.15, 0.2) is 47.5 Å². The number of hydrogen-bond acceptors (Lipinski definition) is 5. The second kappa shape index (κ2) is 7.32. The number of aromatic amines is 1. The highest BCUT2D eigenvalue weighted by Gasteiger charge is 2.22. The molecule has 0 saturated heterocycles. The van der Waals surface area contributed by atoms with E-state index in [2.05, 4.69) is 39.8 Å². The van der Waals surface area contributed by atoms with Gasteiger partial charge in [-0.3, -0.25) is 14.7 Å². The lowest BCUT2D eigenvalue weighted by molar-refractivity contribution is 0.112. The Hall–Kier alpha value is -2.99. The number of pyridine rings is 1. The van der Waals surface area contributed by atoms with Gasteiger partial charge in [-0.2, -0.15) is 0 Å². The smallest absolute Gasteiger partial charge is 0.255 e. The van der Waals surface area contributed by atoms with Crippen molar-refractivity contribution in [2.75, 3.05) is 13.3 Å². The third-order valence-electron chi connectivity index (χ3n) is 5.04. The normalized spacial score (nSPS) is 14.0. The number of nitrogens with zero attached hydrogens (tertiary/aromatic N) is 3. The Bertz CT molecular complexity index is 1010. The summed E-state index contributed by atoms with van der Waals surface area (Å²) in [6, 6.07) is 9.78. The molecule has 0 unspecified atom stereocenters. The molecule has 2 aromatic heterocycles. The van der Waals surface area contributed by atoms with Crippen LogP contribution in [-0.4, -0.2) is 33.1 Å². The van der Waals surface area contributed by atoms with Crippen molar-refractivity contribution in [1.82, 2.24) is 19.9 Å². The number of benzene rings is 1. The van der Waals surface area contributed by atoms with Gasteiger partial charge in [0.25, 0.3) is 5.56 Å². The van der Waals surface area contributed by atoms with Crippen LogP contribution in [0.3, 0.4) is 0 Å². The largest absolute Gasteiger partial charge is 0.478 e. The molecule has 1 aliphatic rings. The van der Waals surface area contributed by atoms with E-state index in [4.69, 9.17) is 4.74 Å². The molecule has 0 fully saturated rings. The second-order valence-corrected chi connectivity index (χ2v) is 6.86. The van der Waals surface area contributed by atoms with Crippen LogP contribution < -0.4 is 10.3 Å². The molecule has 0 radical (unpaired) electrons. The lowest BCUT2D eigenvalue weighted by Gasteiger charge is -2.27. The molecule has 3 heterocycles. The van der Waals surface area contributed by atoms with E-state index in [-0.39, 0.29) is 5.56 Å². The van der Waals surface area contributed by atoms with Crippen molar-refractivity contribution >= 4 is 0 Å². The predicted molar refractivity (Wildman–Crippen MR) is 104 cm³/mol. The van der Waals surface area contributed by atoms with Crippen LogP contribution in [0.5, 0.6) is 5.75 Å². The summed E-state index contributed by atoms with van der Waals surface area (Å²) in [5.41, 5.74) is 4.67. The van der Waals surface area contributed by atoms with Gasteiger partial charge in [0.2, 0.25) is 0 Å². The third kappa shape index (κ3) is 3.61. The van der Waals surface area contributed by atoms with Gasteiger partial charge in [-0.1, -0.05) is 12.1 Å². The van der Waals surface area contributed by atoms with Gasteiger partial charge < -0.3 is 9.72 Å². The van der Waals surface area contributed by atoms with E-state index in [1.54, 1.807) is 12.4 Å².